The molecule has 5 heteroatoms. The first-order valence-electron chi connectivity index (χ1n) is 7.67. The van der Waals surface area contributed by atoms with E-state index < -0.39 is 0 Å². The normalized spacial score (nSPS) is 15.6. The van der Waals surface area contributed by atoms with Crippen LogP contribution >= 0.6 is 0 Å². The molecule has 3 atom stereocenters. The molecule has 0 saturated heterocycles. The van der Waals surface area contributed by atoms with Gasteiger partial charge in [0.15, 0.2) is 0 Å². The molecule has 1 aromatic heterocycles. The van der Waals surface area contributed by atoms with Gasteiger partial charge in [0.05, 0.1) is 11.8 Å². The highest BCUT2D eigenvalue weighted by atomic mass is 16.3. The Kier molecular flexibility index (Phi) is 6.40. The maximum atomic E-state index is 12.2. The minimum Gasteiger partial charge on any atom is -0.393 e. The first kappa shape index (κ1) is 17.7. The van der Waals surface area contributed by atoms with Gasteiger partial charge in [-0.1, -0.05) is 13.8 Å². The third-order valence-electron chi connectivity index (χ3n) is 3.99. The van der Waals surface area contributed by atoms with E-state index in [2.05, 4.69) is 10.4 Å². The van der Waals surface area contributed by atoms with Crippen molar-refractivity contribution in [2.75, 3.05) is 6.54 Å². The number of hydrogen-bond acceptors (Lipinski definition) is 3. The van der Waals surface area contributed by atoms with Crippen LogP contribution in [0.5, 0.6) is 0 Å². The lowest BCUT2D eigenvalue weighted by molar-refractivity contribution is -0.124. The third-order valence-corrected chi connectivity index (χ3v) is 3.99. The summed E-state index contributed by atoms with van der Waals surface area (Å²) < 4.78 is 1.86. The Labute approximate surface area is 127 Å². The molecule has 1 amide bonds. The predicted molar refractivity (Wildman–Crippen MR) is 84.0 cm³/mol. The van der Waals surface area contributed by atoms with E-state index in [4.69, 9.17) is 0 Å². The number of aromatic nitrogens is 2. The van der Waals surface area contributed by atoms with Crippen LogP contribution in [0.2, 0.25) is 0 Å². The number of carbonyl (C=O) groups is 1. The molecule has 1 heterocycles. The number of hydrogen-bond donors (Lipinski definition) is 2. The van der Waals surface area contributed by atoms with Gasteiger partial charge in [-0.05, 0) is 45.1 Å². The molecule has 21 heavy (non-hydrogen) atoms. The van der Waals surface area contributed by atoms with Crippen LogP contribution < -0.4 is 5.32 Å². The molecular weight excluding hydrogens is 266 g/mol. The molecule has 2 N–H and O–H groups in total. The van der Waals surface area contributed by atoms with Gasteiger partial charge in [0.2, 0.25) is 5.91 Å². The highest BCUT2D eigenvalue weighted by molar-refractivity contribution is 5.78. The first-order valence-corrected chi connectivity index (χ1v) is 7.67. The number of aliphatic hydroxyl groups excluding tert-OH is 1. The van der Waals surface area contributed by atoms with Crippen LogP contribution in [0.4, 0.5) is 0 Å². The number of aryl methyl sites for hydroxylation is 2. The lowest BCUT2D eigenvalue weighted by Crippen LogP contribution is -2.34. The summed E-state index contributed by atoms with van der Waals surface area (Å²) in [7, 11) is 1.92. The summed E-state index contributed by atoms with van der Waals surface area (Å²) in [6.07, 6.45) is 1.09. The molecule has 0 aliphatic heterocycles. The monoisotopic (exact) mass is 295 g/mol. The van der Waals surface area contributed by atoms with Gasteiger partial charge < -0.3 is 10.4 Å². The largest absolute Gasteiger partial charge is 0.393 e. The van der Waals surface area contributed by atoms with E-state index in [9.17, 15) is 9.90 Å². The summed E-state index contributed by atoms with van der Waals surface area (Å²) in [5.41, 5.74) is 3.28. The van der Waals surface area contributed by atoms with Gasteiger partial charge in [0.1, 0.15) is 0 Å². The number of rotatable bonds is 7. The van der Waals surface area contributed by atoms with Crippen molar-refractivity contribution >= 4 is 5.91 Å². The molecule has 120 valence electrons. The van der Waals surface area contributed by atoms with Crippen molar-refractivity contribution < 1.29 is 9.90 Å². The van der Waals surface area contributed by atoms with Crippen molar-refractivity contribution in [3.05, 3.63) is 17.0 Å². The van der Waals surface area contributed by atoms with Crippen LogP contribution in [0, 0.1) is 25.7 Å². The van der Waals surface area contributed by atoms with Crippen LogP contribution in [0.15, 0.2) is 0 Å². The summed E-state index contributed by atoms with van der Waals surface area (Å²) in [6, 6.07) is 0. The topological polar surface area (TPSA) is 67.2 Å². The van der Waals surface area contributed by atoms with E-state index in [0.717, 1.165) is 17.0 Å². The fourth-order valence-electron chi connectivity index (χ4n) is 2.63. The number of nitrogens with zero attached hydrogens (tertiary/aromatic N) is 2. The second-order valence-corrected chi connectivity index (χ2v) is 6.31. The molecule has 0 bridgehead atoms. The highest BCUT2D eigenvalue weighted by Gasteiger charge is 2.19. The van der Waals surface area contributed by atoms with Crippen LogP contribution in [-0.2, 0) is 18.3 Å². The van der Waals surface area contributed by atoms with E-state index >= 15 is 0 Å². The summed E-state index contributed by atoms with van der Waals surface area (Å²) in [4.78, 5) is 12.2. The van der Waals surface area contributed by atoms with E-state index in [1.807, 2.05) is 39.4 Å². The molecule has 5 nitrogen and oxygen atoms in total. The minimum atomic E-state index is -0.324. The van der Waals surface area contributed by atoms with Crippen LogP contribution in [-0.4, -0.2) is 33.4 Å². The van der Waals surface area contributed by atoms with Crippen LogP contribution in [0.3, 0.4) is 0 Å². The third kappa shape index (κ3) is 5.16. The van der Waals surface area contributed by atoms with Crippen molar-refractivity contribution in [3.63, 3.8) is 0 Å². The predicted octanol–water partition coefficient (Wildman–Crippen LogP) is 1.74. The Balaban J connectivity index is 2.51. The highest BCUT2D eigenvalue weighted by Crippen LogP contribution is 2.17. The van der Waals surface area contributed by atoms with Crippen molar-refractivity contribution in [2.24, 2.45) is 18.9 Å². The standard InChI is InChI=1S/C16H29N3O2/c1-10(7-12(3)20)9-17-16(21)11(2)8-15-13(4)18-19(6)14(15)5/h10-12,20H,7-9H2,1-6H3,(H,17,21). The lowest BCUT2D eigenvalue weighted by Gasteiger charge is -2.17. The maximum Gasteiger partial charge on any atom is 0.223 e. The van der Waals surface area contributed by atoms with E-state index in [1.165, 1.54) is 0 Å². The molecule has 1 aromatic rings. The second-order valence-electron chi connectivity index (χ2n) is 6.31. The fraction of sp³-hybridized carbons (Fsp3) is 0.750. The Hall–Kier alpha value is -1.36. The Morgan fingerprint density at radius 1 is 1.33 bits per heavy atom. The molecule has 0 radical (unpaired) electrons. The first-order chi connectivity index (χ1) is 9.72. The van der Waals surface area contributed by atoms with Crippen LogP contribution in [0.25, 0.3) is 0 Å². The van der Waals surface area contributed by atoms with E-state index in [-0.39, 0.29) is 23.8 Å². The Morgan fingerprint density at radius 3 is 2.43 bits per heavy atom. The quantitative estimate of drug-likeness (QED) is 0.805. The Bertz CT molecular complexity index is 480. The summed E-state index contributed by atoms with van der Waals surface area (Å²) in [5, 5.41) is 16.7. The zero-order valence-electron chi connectivity index (χ0n) is 14.1. The van der Waals surface area contributed by atoms with Crippen molar-refractivity contribution in [1.29, 1.82) is 0 Å². The minimum absolute atomic E-state index is 0.0649. The fourth-order valence-corrected chi connectivity index (χ4v) is 2.63. The average Bonchev–Trinajstić information content (AvgIpc) is 2.61. The molecule has 0 spiro atoms. The number of amides is 1. The molecule has 0 aromatic carbocycles. The lowest BCUT2D eigenvalue weighted by atomic mass is 9.98. The van der Waals surface area contributed by atoms with Crippen molar-refractivity contribution in [3.8, 4) is 0 Å². The zero-order chi connectivity index (χ0) is 16.2. The maximum absolute atomic E-state index is 12.2. The van der Waals surface area contributed by atoms with Gasteiger partial charge in [-0.3, -0.25) is 9.48 Å². The Morgan fingerprint density at radius 2 is 1.95 bits per heavy atom. The summed E-state index contributed by atoms with van der Waals surface area (Å²) >= 11 is 0. The smallest absolute Gasteiger partial charge is 0.223 e. The number of carbonyl (C=O) groups excluding carboxylic acids is 1. The summed E-state index contributed by atoms with van der Waals surface area (Å²) in [5.74, 6) is 0.267. The van der Waals surface area contributed by atoms with Gasteiger partial charge in [-0.15, -0.1) is 0 Å². The van der Waals surface area contributed by atoms with E-state index in [1.54, 1.807) is 6.92 Å². The van der Waals surface area contributed by atoms with Crippen molar-refractivity contribution in [2.45, 2.75) is 53.6 Å². The van der Waals surface area contributed by atoms with Crippen molar-refractivity contribution in [1.82, 2.24) is 15.1 Å². The number of aliphatic hydroxyl groups is 1. The molecule has 0 aliphatic carbocycles. The SMILES string of the molecule is Cc1nn(C)c(C)c1CC(C)C(=O)NCC(C)CC(C)O. The van der Waals surface area contributed by atoms with Gasteiger partial charge >= 0.3 is 0 Å². The molecule has 0 fully saturated rings. The molecular formula is C16H29N3O2. The zero-order valence-corrected chi connectivity index (χ0v) is 14.1. The van der Waals surface area contributed by atoms with Gasteiger partial charge in [0.25, 0.3) is 0 Å². The summed E-state index contributed by atoms with van der Waals surface area (Å²) in [6.45, 7) is 10.4. The number of nitrogens with one attached hydrogen (secondary N) is 1. The molecule has 3 unspecified atom stereocenters. The second kappa shape index (κ2) is 7.59. The molecule has 1 rings (SSSR count). The van der Waals surface area contributed by atoms with E-state index in [0.29, 0.717) is 19.4 Å². The average molecular weight is 295 g/mol. The molecule has 0 aliphatic rings. The van der Waals surface area contributed by atoms with Gasteiger partial charge in [0, 0.05) is 25.2 Å². The van der Waals surface area contributed by atoms with Gasteiger partial charge in [-0.25, -0.2) is 0 Å². The van der Waals surface area contributed by atoms with Gasteiger partial charge in [-0.2, -0.15) is 5.10 Å². The molecule has 0 saturated carbocycles. The van der Waals surface area contributed by atoms with Crippen LogP contribution in [0.1, 0.15) is 44.1 Å².